The monoisotopic (exact) mass is 380 g/mol. The molecule has 1 aliphatic rings. The van der Waals surface area contributed by atoms with E-state index in [-0.39, 0.29) is 5.91 Å². The fourth-order valence-corrected chi connectivity index (χ4v) is 3.87. The van der Waals surface area contributed by atoms with Crippen LogP contribution < -0.4 is 10.1 Å². The molecule has 1 saturated heterocycles. The van der Waals surface area contributed by atoms with Crippen molar-refractivity contribution < 1.29 is 9.53 Å². The lowest BCUT2D eigenvalue weighted by Gasteiger charge is -2.32. The smallest absolute Gasteiger partial charge is 0.223 e. The average molecular weight is 381 g/mol. The van der Waals surface area contributed by atoms with E-state index in [1.54, 1.807) is 7.11 Å². The number of nitrogens with one attached hydrogen (secondary N) is 1. The van der Waals surface area contributed by atoms with Crippen LogP contribution in [0.1, 0.15) is 30.4 Å². The largest absolute Gasteiger partial charge is 0.497 e. The maximum atomic E-state index is 12.4. The molecule has 1 fully saturated rings. The van der Waals surface area contributed by atoms with Gasteiger partial charge in [-0.05, 0) is 61.4 Å². The Hall–Kier alpha value is -2.33. The molecule has 1 amide bonds. The van der Waals surface area contributed by atoms with Crippen LogP contribution in [0.15, 0.2) is 54.6 Å². The Labute approximate surface area is 168 Å². The Bertz CT molecular complexity index is 724. The van der Waals surface area contributed by atoms with E-state index in [0.29, 0.717) is 12.3 Å². The fraction of sp³-hybridized carbons (Fsp3) is 0.458. The summed E-state index contributed by atoms with van der Waals surface area (Å²) in [4.78, 5) is 14.5. The molecule has 2 aromatic rings. The first-order valence-corrected chi connectivity index (χ1v) is 10.4. The molecule has 0 unspecified atom stereocenters. The van der Waals surface area contributed by atoms with Gasteiger partial charge in [-0.25, -0.2) is 0 Å². The maximum absolute atomic E-state index is 12.4. The van der Waals surface area contributed by atoms with Crippen molar-refractivity contribution in [2.24, 2.45) is 5.92 Å². The molecule has 3 rings (SSSR count). The zero-order valence-electron chi connectivity index (χ0n) is 16.9. The van der Waals surface area contributed by atoms with Crippen molar-refractivity contribution in [3.63, 3.8) is 0 Å². The fourth-order valence-electron chi connectivity index (χ4n) is 3.87. The first kappa shape index (κ1) is 20.4. The van der Waals surface area contributed by atoms with Crippen molar-refractivity contribution >= 4 is 5.91 Å². The molecular formula is C24H32N2O2. The van der Waals surface area contributed by atoms with Gasteiger partial charge in [0.15, 0.2) is 0 Å². The Morgan fingerprint density at radius 3 is 2.54 bits per heavy atom. The second-order valence-electron chi connectivity index (χ2n) is 7.62. The average Bonchev–Trinajstić information content (AvgIpc) is 2.75. The Kier molecular flexibility index (Phi) is 7.92. The summed E-state index contributed by atoms with van der Waals surface area (Å²) in [6.45, 7) is 3.42. The molecule has 0 atom stereocenters. The lowest BCUT2D eigenvalue weighted by molar-refractivity contribution is -0.132. The zero-order chi connectivity index (χ0) is 19.6. The molecule has 4 heteroatoms. The number of benzene rings is 2. The van der Waals surface area contributed by atoms with Gasteiger partial charge < -0.3 is 15.0 Å². The van der Waals surface area contributed by atoms with Gasteiger partial charge in [0.25, 0.3) is 0 Å². The Morgan fingerprint density at radius 1 is 1.04 bits per heavy atom. The lowest BCUT2D eigenvalue weighted by atomic mass is 9.90. The maximum Gasteiger partial charge on any atom is 0.223 e. The highest BCUT2D eigenvalue weighted by atomic mass is 16.5. The van der Waals surface area contributed by atoms with Crippen LogP contribution in [0.2, 0.25) is 0 Å². The molecule has 0 spiro atoms. The molecule has 2 aromatic carbocycles. The van der Waals surface area contributed by atoms with Gasteiger partial charge in [-0.2, -0.15) is 0 Å². The summed E-state index contributed by atoms with van der Waals surface area (Å²) in [5.74, 6) is 1.88. The summed E-state index contributed by atoms with van der Waals surface area (Å²) in [7, 11) is 1.69. The minimum absolute atomic E-state index is 0.284. The first-order valence-electron chi connectivity index (χ1n) is 10.4. The first-order chi connectivity index (χ1) is 13.7. The van der Waals surface area contributed by atoms with Crippen LogP contribution in [0, 0.1) is 5.92 Å². The summed E-state index contributed by atoms with van der Waals surface area (Å²) in [5, 5.41) is 3.39. The molecule has 0 bridgehead atoms. The molecule has 0 aromatic heterocycles. The van der Waals surface area contributed by atoms with Crippen molar-refractivity contribution in [1.82, 2.24) is 10.2 Å². The number of hydrogen-bond acceptors (Lipinski definition) is 3. The van der Waals surface area contributed by atoms with Crippen molar-refractivity contribution in [2.75, 3.05) is 33.3 Å². The predicted molar refractivity (Wildman–Crippen MR) is 114 cm³/mol. The quantitative estimate of drug-likeness (QED) is 0.675. The second-order valence-corrected chi connectivity index (χ2v) is 7.62. The molecule has 1 N–H and O–H groups in total. The number of ether oxygens (including phenoxy) is 1. The molecular weight excluding hydrogens is 348 g/mol. The highest BCUT2D eigenvalue weighted by molar-refractivity contribution is 5.76. The number of amides is 1. The third-order valence-electron chi connectivity index (χ3n) is 5.57. The van der Waals surface area contributed by atoms with Gasteiger partial charge in [-0.1, -0.05) is 42.5 Å². The van der Waals surface area contributed by atoms with Gasteiger partial charge in [0, 0.05) is 26.1 Å². The number of likely N-dealkylation sites (tertiary alicyclic amines) is 1. The molecule has 1 aliphatic heterocycles. The van der Waals surface area contributed by atoms with Gasteiger partial charge in [0.05, 0.1) is 7.11 Å². The van der Waals surface area contributed by atoms with Crippen LogP contribution in [0.5, 0.6) is 5.75 Å². The molecule has 28 heavy (non-hydrogen) atoms. The summed E-state index contributed by atoms with van der Waals surface area (Å²) in [5.41, 5.74) is 2.66. The molecule has 0 saturated carbocycles. The topological polar surface area (TPSA) is 41.6 Å². The minimum Gasteiger partial charge on any atom is -0.497 e. The van der Waals surface area contributed by atoms with E-state index in [9.17, 15) is 4.79 Å². The summed E-state index contributed by atoms with van der Waals surface area (Å²) in [6, 6.07) is 18.8. The van der Waals surface area contributed by atoms with Crippen molar-refractivity contribution in [3.8, 4) is 5.75 Å². The third-order valence-corrected chi connectivity index (χ3v) is 5.57. The zero-order valence-corrected chi connectivity index (χ0v) is 16.9. The summed E-state index contributed by atoms with van der Waals surface area (Å²) >= 11 is 0. The number of nitrogens with zero attached hydrogens (tertiary/aromatic N) is 1. The van der Waals surface area contributed by atoms with Gasteiger partial charge >= 0.3 is 0 Å². The molecule has 150 valence electrons. The van der Waals surface area contributed by atoms with Crippen LogP contribution in [0.4, 0.5) is 0 Å². The SMILES string of the molecule is COc1cccc(CCNCCC(=O)N2CCC(Cc3ccccc3)CC2)c1. The molecule has 1 heterocycles. The van der Waals surface area contributed by atoms with E-state index in [0.717, 1.165) is 57.6 Å². The van der Waals surface area contributed by atoms with Gasteiger partial charge in [0.1, 0.15) is 5.75 Å². The van der Waals surface area contributed by atoms with E-state index in [2.05, 4.69) is 47.8 Å². The molecule has 4 nitrogen and oxygen atoms in total. The van der Waals surface area contributed by atoms with Crippen LogP contribution in [0.3, 0.4) is 0 Å². The normalized spacial score (nSPS) is 14.8. The third kappa shape index (κ3) is 6.38. The highest BCUT2D eigenvalue weighted by Crippen LogP contribution is 2.22. The standard InChI is InChI=1S/C24H32N2O2/c1-28-23-9-5-8-21(19-23)10-14-25-15-11-24(27)26-16-12-22(13-17-26)18-20-6-3-2-4-7-20/h2-9,19,22,25H,10-18H2,1H3. The van der Waals surface area contributed by atoms with E-state index in [4.69, 9.17) is 4.74 Å². The summed E-state index contributed by atoms with van der Waals surface area (Å²) < 4.78 is 5.25. The van der Waals surface area contributed by atoms with E-state index >= 15 is 0 Å². The number of rotatable bonds is 9. The van der Waals surface area contributed by atoms with E-state index < -0.39 is 0 Å². The van der Waals surface area contributed by atoms with Crippen LogP contribution in [0.25, 0.3) is 0 Å². The highest BCUT2D eigenvalue weighted by Gasteiger charge is 2.22. The van der Waals surface area contributed by atoms with E-state index in [1.807, 2.05) is 17.0 Å². The predicted octanol–water partition coefficient (Wildman–Crippen LogP) is 3.70. The second kappa shape index (κ2) is 10.9. The van der Waals surface area contributed by atoms with Gasteiger partial charge in [-0.3, -0.25) is 4.79 Å². The van der Waals surface area contributed by atoms with E-state index in [1.165, 1.54) is 11.1 Å². The number of hydrogen-bond donors (Lipinski definition) is 1. The van der Waals surface area contributed by atoms with Crippen molar-refractivity contribution in [3.05, 3.63) is 65.7 Å². The number of carbonyl (C=O) groups excluding carboxylic acids is 1. The molecule has 0 aliphatic carbocycles. The van der Waals surface area contributed by atoms with Crippen LogP contribution in [-0.4, -0.2) is 44.1 Å². The van der Waals surface area contributed by atoms with Crippen LogP contribution in [-0.2, 0) is 17.6 Å². The van der Waals surface area contributed by atoms with Crippen molar-refractivity contribution in [1.29, 1.82) is 0 Å². The number of carbonyl (C=O) groups is 1. The minimum atomic E-state index is 0.284. The Morgan fingerprint density at radius 2 is 1.79 bits per heavy atom. The van der Waals surface area contributed by atoms with Crippen LogP contribution >= 0.6 is 0 Å². The van der Waals surface area contributed by atoms with Gasteiger partial charge in [0.2, 0.25) is 5.91 Å². The van der Waals surface area contributed by atoms with Gasteiger partial charge in [-0.15, -0.1) is 0 Å². The Balaban J connectivity index is 1.29. The number of piperidine rings is 1. The lowest BCUT2D eigenvalue weighted by Crippen LogP contribution is -2.40. The van der Waals surface area contributed by atoms with Crippen molar-refractivity contribution in [2.45, 2.75) is 32.1 Å². The number of methoxy groups -OCH3 is 1. The molecule has 0 radical (unpaired) electrons. The summed E-state index contributed by atoms with van der Waals surface area (Å²) in [6.07, 6.45) is 4.89.